The molecule has 0 fully saturated rings. The van der Waals surface area contributed by atoms with Gasteiger partial charge in [0.2, 0.25) is 0 Å². The Morgan fingerprint density at radius 2 is 2.43 bits per heavy atom. The molecule has 1 aliphatic heterocycles. The molecule has 1 aromatic heterocycles. The Balaban J connectivity index is 2.11. The lowest BCUT2D eigenvalue weighted by Crippen LogP contribution is -2.08. The summed E-state index contributed by atoms with van der Waals surface area (Å²) in [6.07, 6.45) is 4.27. The molecule has 4 nitrogen and oxygen atoms in total. The van der Waals surface area contributed by atoms with Crippen LogP contribution in [0.4, 0.5) is 5.69 Å². The van der Waals surface area contributed by atoms with Crippen LogP contribution in [0.1, 0.15) is 25.5 Å². The molecule has 76 valence electrons. The monoisotopic (exact) mass is 192 g/mol. The summed E-state index contributed by atoms with van der Waals surface area (Å²) in [7, 11) is 0. The van der Waals surface area contributed by atoms with Gasteiger partial charge in [-0.2, -0.15) is 5.10 Å². The molecular weight excluding hydrogens is 176 g/mol. The molecule has 0 aromatic carbocycles. The summed E-state index contributed by atoms with van der Waals surface area (Å²) in [5.41, 5.74) is 2.13. The first-order valence-electron chi connectivity index (χ1n) is 5.14. The largest absolute Gasteiger partial charge is 0.341 e. The molecular formula is C10H16N4. The molecule has 0 spiro atoms. The zero-order valence-corrected chi connectivity index (χ0v) is 8.75. The number of nitrogens with one attached hydrogen (secondary N) is 1. The van der Waals surface area contributed by atoms with Crippen molar-refractivity contribution < 1.29 is 0 Å². The summed E-state index contributed by atoms with van der Waals surface area (Å²) in [5, 5.41) is 7.70. The van der Waals surface area contributed by atoms with Gasteiger partial charge in [0.15, 0.2) is 0 Å². The van der Waals surface area contributed by atoms with E-state index in [1.54, 1.807) is 0 Å². The third-order valence-electron chi connectivity index (χ3n) is 2.42. The Morgan fingerprint density at radius 3 is 3.00 bits per heavy atom. The van der Waals surface area contributed by atoms with E-state index in [4.69, 9.17) is 0 Å². The lowest BCUT2D eigenvalue weighted by atomic mass is 10.3. The van der Waals surface area contributed by atoms with Crippen molar-refractivity contribution in [2.24, 2.45) is 4.99 Å². The Hall–Kier alpha value is -1.32. The van der Waals surface area contributed by atoms with E-state index in [0.717, 1.165) is 36.7 Å². The number of hydrogen-bond donors (Lipinski definition) is 1. The highest BCUT2D eigenvalue weighted by Crippen LogP contribution is 2.15. The van der Waals surface area contributed by atoms with Crippen molar-refractivity contribution in [2.45, 2.75) is 33.2 Å². The van der Waals surface area contributed by atoms with Crippen molar-refractivity contribution in [3.05, 3.63) is 11.9 Å². The molecule has 1 aromatic rings. The van der Waals surface area contributed by atoms with Gasteiger partial charge in [0.25, 0.3) is 0 Å². The van der Waals surface area contributed by atoms with Crippen molar-refractivity contribution in [3.63, 3.8) is 0 Å². The smallest absolute Gasteiger partial charge is 0.101 e. The second-order valence-corrected chi connectivity index (χ2v) is 3.54. The minimum absolute atomic E-state index is 0.912. The predicted octanol–water partition coefficient (Wildman–Crippen LogP) is 1.82. The van der Waals surface area contributed by atoms with Crippen LogP contribution in [0.5, 0.6) is 0 Å². The molecule has 2 rings (SSSR count). The van der Waals surface area contributed by atoms with Crippen LogP contribution in [0.25, 0.3) is 0 Å². The topological polar surface area (TPSA) is 42.2 Å². The second kappa shape index (κ2) is 3.82. The zero-order valence-electron chi connectivity index (χ0n) is 8.75. The summed E-state index contributed by atoms with van der Waals surface area (Å²) in [6, 6.07) is 0. The second-order valence-electron chi connectivity index (χ2n) is 3.54. The number of aryl methyl sites for hydroxylation is 2. The van der Waals surface area contributed by atoms with Gasteiger partial charge in [0.1, 0.15) is 5.84 Å². The van der Waals surface area contributed by atoms with Crippen LogP contribution in [0.15, 0.2) is 11.2 Å². The van der Waals surface area contributed by atoms with Crippen molar-refractivity contribution in [2.75, 3.05) is 11.9 Å². The van der Waals surface area contributed by atoms with Crippen LogP contribution in [0.2, 0.25) is 0 Å². The van der Waals surface area contributed by atoms with E-state index < -0.39 is 0 Å². The average Bonchev–Trinajstić information content (AvgIpc) is 2.78. The van der Waals surface area contributed by atoms with Crippen LogP contribution in [-0.4, -0.2) is 22.2 Å². The van der Waals surface area contributed by atoms with Crippen LogP contribution in [0, 0.1) is 6.92 Å². The van der Waals surface area contributed by atoms with E-state index in [1.165, 1.54) is 6.42 Å². The van der Waals surface area contributed by atoms with Gasteiger partial charge in [-0.05, 0) is 20.3 Å². The van der Waals surface area contributed by atoms with Gasteiger partial charge >= 0.3 is 0 Å². The van der Waals surface area contributed by atoms with E-state index >= 15 is 0 Å². The molecule has 2 heterocycles. The van der Waals surface area contributed by atoms with Gasteiger partial charge in [0.05, 0.1) is 11.4 Å². The van der Waals surface area contributed by atoms with E-state index in [9.17, 15) is 0 Å². The molecule has 4 heteroatoms. The Bertz CT molecular complexity index is 351. The van der Waals surface area contributed by atoms with Gasteiger partial charge in [-0.3, -0.25) is 9.67 Å². The molecule has 0 unspecified atom stereocenters. The molecule has 0 atom stereocenters. The summed E-state index contributed by atoms with van der Waals surface area (Å²) in [5.74, 6) is 1.10. The quantitative estimate of drug-likeness (QED) is 0.776. The summed E-state index contributed by atoms with van der Waals surface area (Å²) >= 11 is 0. The standard InChI is InChI=1S/C10H16N4/c1-3-14-7-9(8(2)13-14)12-10-5-4-6-11-10/h7H,3-6H2,1-2H3,(H,11,12). The van der Waals surface area contributed by atoms with Crippen LogP contribution >= 0.6 is 0 Å². The van der Waals surface area contributed by atoms with E-state index in [-0.39, 0.29) is 0 Å². The van der Waals surface area contributed by atoms with Crippen molar-refractivity contribution in [1.82, 2.24) is 9.78 Å². The lowest BCUT2D eigenvalue weighted by molar-refractivity contribution is 0.653. The normalized spacial score (nSPS) is 15.7. The Kier molecular flexibility index (Phi) is 2.52. The van der Waals surface area contributed by atoms with Gasteiger partial charge < -0.3 is 5.32 Å². The van der Waals surface area contributed by atoms with Gasteiger partial charge in [-0.1, -0.05) is 0 Å². The Morgan fingerprint density at radius 1 is 1.57 bits per heavy atom. The molecule has 1 N–H and O–H groups in total. The minimum atomic E-state index is 0.912. The van der Waals surface area contributed by atoms with Crippen molar-refractivity contribution in [1.29, 1.82) is 0 Å². The van der Waals surface area contributed by atoms with Gasteiger partial charge in [0, 0.05) is 25.7 Å². The fourth-order valence-corrected chi connectivity index (χ4v) is 1.60. The average molecular weight is 192 g/mol. The molecule has 0 saturated carbocycles. The van der Waals surface area contributed by atoms with Crippen LogP contribution in [0.3, 0.4) is 0 Å². The molecule has 0 radical (unpaired) electrons. The maximum absolute atomic E-state index is 4.38. The van der Waals surface area contributed by atoms with Crippen molar-refractivity contribution in [3.8, 4) is 0 Å². The summed E-state index contributed by atoms with van der Waals surface area (Å²) in [6.45, 7) is 5.98. The minimum Gasteiger partial charge on any atom is -0.341 e. The van der Waals surface area contributed by atoms with E-state index in [2.05, 4.69) is 22.3 Å². The van der Waals surface area contributed by atoms with Gasteiger partial charge in [-0.15, -0.1) is 0 Å². The molecule has 0 saturated heterocycles. The lowest BCUT2D eigenvalue weighted by Gasteiger charge is -2.02. The van der Waals surface area contributed by atoms with E-state index in [0.29, 0.717) is 0 Å². The highest BCUT2D eigenvalue weighted by atomic mass is 15.3. The van der Waals surface area contributed by atoms with Crippen molar-refractivity contribution >= 4 is 11.5 Å². The molecule has 14 heavy (non-hydrogen) atoms. The number of aliphatic imine (C=N–C) groups is 1. The third kappa shape index (κ3) is 1.78. The first-order valence-corrected chi connectivity index (χ1v) is 5.14. The number of nitrogens with zero attached hydrogens (tertiary/aromatic N) is 3. The molecule has 0 aliphatic carbocycles. The Labute approximate surface area is 84.0 Å². The van der Waals surface area contributed by atoms with Gasteiger partial charge in [-0.25, -0.2) is 0 Å². The number of amidine groups is 1. The third-order valence-corrected chi connectivity index (χ3v) is 2.42. The summed E-state index contributed by atoms with van der Waals surface area (Å²) < 4.78 is 1.94. The highest BCUT2D eigenvalue weighted by Gasteiger charge is 2.09. The predicted molar refractivity (Wildman–Crippen MR) is 57.8 cm³/mol. The van der Waals surface area contributed by atoms with Crippen LogP contribution < -0.4 is 5.32 Å². The number of anilines is 1. The maximum atomic E-state index is 4.38. The fraction of sp³-hybridized carbons (Fsp3) is 0.600. The summed E-state index contributed by atoms with van der Waals surface area (Å²) in [4.78, 5) is 4.38. The fourth-order valence-electron chi connectivity index (χ4n) is 1.60. The number of rotatable bonds is 2. The SMILES string of the molecule is CCn1cc(NC2=NCCC2)c(C)n1. The maximum Gasteiger partial charge on any atom is 0.101 e. The highest BCUT2D eigenvalue weighted by molar-refractivity contribution is 5.96. The van der Waals surface area contributed by atoms with Crippen LogP contribution in [-0.2, 0) is 6.54 Å². The first kappa shape index (κ1) is 9.24. The zero-order chi connectivity index (χ0) is 9.97. The number of aromatic nitrogens is 2. The first-order chi connectivity index (χ1) is 6.79. The molecule has 1 aliphatic rings. The van der Waals surface area contributed by atoms with E-state index in [1.807, 2.05) is 17.8 Å². The number of hydrogen-bond acceptors (Lipinski definition) is 3. The molecule has 0 bridgehead atoms. The molecule has 0 amide bonds.